The number of allylic oxidation sites excluding steroid dienone is 1. The van der Waals surface area contributed by atoms with Crippen molar-refractivity contribution in [3.8, 4) is 11.8 Å². The molecule has 4 heteroatoms. The number of nitrogens with zero attached hydrogens (tertiary/aromatic N) is 2. The highest BCUT2D eigenvalue weighted by atomic mass is 16.5. The highest BCUT2D eigenvalue weighted by Crippen LogP contribution is 2.28. The smallest absolute Gasteiger partial charge is 0.212 e. The summed E-state index contributed by atoms with van der Waals surface area (Å²) in [4.78, 5) is 3.52. The van der Waals surface area contributed by atoms with Crippen LogP contribution in [0.5, 0.6) is 5.75 Å². The number of aliphatic hydroxyl groups excluding tert-OH is 1. The average molecular weight is 290 g/mol. The van der Waals surface area contributed by atoms with Crippen molar-refractivity contribution in [3.63, 3.8) is 0 Å². The van der Waals surface area contributed by atoms with Gasteiger partial charge >= 0.3 is 0 Å². The van der Waals surface area contributed by atoms with Crippen LogP contribution in [0.4, 0.5) is 0 Å². The third kappa shape index (κ3) is 3.15. The Morgan fingerprint density at radius 2 is 1.73 bits per heavy atom. The first-order valence-electron chi connectivity index (χ1n) is 6.60. The van der Waals surface area contributed by atoms with Crippen LogP contribution in [0.3, 0.4) is 0 Å². The maximum atomic E-state index is 9.44. The van der Waals surface area contributed by atoms with Crippen LogP contribution in [0.2, 0.25) is 0 Å². The first-order chi connectivity index (χ1) is 10.7. The molecule has 0 atom stereocenters. The van der Waals surface area contributed by atoms with Gasteiger partial charge in [-0.15, -0.1) is 0 Å². The molecule has 2 rings (SSSR count). The number of benzene rings is 2. The molecule has 108 valence electrons. The van der Waals surface area contributed by atoms with Crippen molar-refractivity contribution in [2.75, 3.05) is 7.11 Å². The Morgan fingerprint density at radius 3 is 2.18 bits per heavy atom. The van der Waals surface area contributed by atoms with Crippen LogP contribution in [-0.4, -0.2) is 12.2 Å². The maximum absolute atomic E-state index is 9.44. The van der Waals surface area contributed by atoms with Crippen molar-refractivity contribution in [1.29, 1.82) is 5.26 Å². The lowest BCUT2D eigenvalue weighted by atomic mass is 9.99. The molecule has 0 aliphatic rings. The van der Waals surface area contributed by atoms with E-state index in [1.807, 2.05) is 0 Å². The van der Waals surface area contributed by atoms with Crippen molar-refractivity contribution in [1.82, 2.24) is 0 Å². The summed E-state index contributed by atoms with van der Waals surface area (Å²) >= 11 is 0. The van der Waals surface area contributed by atoms with Gasteiger partial charge in [-0.2, -0.15) is 5.26 Å². The molecular weight excluding hydrogens is 276 g/mol. The van der Waals surface area contributed by atoms with Crippen LogP contribution in [0.15, 0.2) is 48.5 Å². The molecule has 2 aromatic carbocycles. The van der Waals surface area contributed by atoms with Crippen molar-refractivity contribution >= 4 is 11.3 Å². The number of hydrogen-bond donors (Lipinski definition) is 1. The molecular formula is C18H14N2O2. The van der Waals surface area contributed by atoms with Gasteiger partial charge in [0, 0.05) is 0 Å². The molecule has 0 spiro atoms. The lowest BCUT2D eigenvalue weighted by molar-refractivity contribution is 0.282. The first-order valence-corrected chi connectivity index (χ1v) is 6.60. The van der Waals surface area contributed by atoms with Crippen LogP contribution in [0, 0.1) is 17.9 Å². The highest BCUT2D eigenvalue weighted by Gasteiger charge is 2.12. The normalized spacial score (nSPS) is 11.1. The van der Waals surface area contributed by atoms with E-state index in [1.165, 1.54) is 0 Å². The third-order valence-electron chi connectivity index (χ3n) is 3.25. The zero-order valence-electron chi connectivity index (χ0n) is 12.1. The molecule has 0 aliphatic heterocycles. The molecule has 0 heterocycles. The van der Waals surface area contributed by atoms with Crippen molar-refractivity contribution < 1.29 is 9.84 Å². The summed E-state index contributed by atoms with van der Waals surface area (Å²) < 4.78 is 5.10. The molecule has 0 fully saturated rings. The summed E-state index contributed by atoms with van der Waals surface area (Å²) in [6, 6.07) is 16.1. The second-order valence-corrected chi connectivity index (χ2v) is 4.53. The Kier molecular flexibility index (Phi) is 4.93. The Bertz CT molecular complexity index is 693. The highest BCUT2D eigenvalue weighted by molar-refractivity contribution is 5.99. The van der Waals surface area contributed by atoms with Gasteiger partial charge in [-0.25, -0.2) is 4.85 Å². The fourth-order valence-electron chi connectivity index (χ4n) is 2.04. The second-order valence-electron chi connectivity index (χ2n) is 4.53. The SMILES string of the molecule is [C-]#[N+]/C(=C(/C#N)c1ccc(CO)cc1)c1ccc(OC)cc1. The zero-order valence-corrected chi connectivity index (χ0v) is 12.1. The minimum absolute atomic E-state index is 0.0555. The predicted molar refractivity (Wildman–Crippen MR) is 84.4 cm³/mol. The fraction of sp³-hybridized carbons (Fsp3) is 0.111. The number of methoxy groups -OCH3 is 1. The predicted octanol–water partition coefficient (Wildman–Crippen LogP) is 3.50. The standard InChI is InChI=1S/C18H14N2O2/c1-20-18(15-7-9-16(22-2)10-8-15)17(11-19)14-5-3-13(12-21)4-6-14/h3-10,21H,12H2,2H3/b18-17-. The van der Waals surface area contributed by atoms with Gasteiger partial charge in [0.2, 0.25) is 5.70 Å². The van der Waals surface area contributed by atoms with Crippen molar-refractivity contribution in [2.45, 2.75) is 6.61 Å². The lowest BCUT2D eigenvalue weighted by Crippen LogP contribution is -1.90. The van der Waals surface area contributed by atoms with Gasteiger partial charge in [-0.05, 0) is 28.8 Å². The van der Waals surface area contributed by atoms with Gasteiger partial charge in [-0.1, -0.05) is 36.4 Å². The van der Waals surface area contributed by atoms with E-state index in [0.29, 0.717) is 28.1 Å². The second kappa shape index (κ2) is 7.08. The summed E-state index contributed by atoms with van der Waals surface area (Å²) in [5.41, 5.74) is 2.68. The van der Waals surface area contributed by atoms with Crippen LogP contribution >= 0.6 is 0 Å². The summed E-state index contributed by atoms with van der Waals surface area (Å²) in [6.07, 6.45) is 0. The van der Waals surface area contributed by atoms with E-state index in [1.54, 1.807) is 55.6 Å². The van der Waals surface area contributed by atoms with Crippen LogP contribution in [-0.2, 0) is 6.61 Å². The van der Waals surface area contributed by atoms with Crippen molar-refractivity contribution in [2.24, 2.45) is 0 Å². The van der Waals surface area contributed by atoms with Gasteiger partial charge in [0.1, 0.15) is 5.75 Å². The van der Waals surface area contributed by atoms with Gasteiger partial charge < -0.3 is 9.84 Å². The van der Waals surface area contributed by atoms with Gasteiger partial charge in [-0.3, -0.25) is 0 Å². The molecule has 0 radical (unpaired) electrons. The summed E-state index contributed by atoms with van der Waals surface area (Å²) in [7, 11) is 1.57. The summed E-state index contributed by atoms with van der Waals surface area (Å²) in [5.74, 6) is 0.693. The zero-order chi connectivity index (χ0) is 15.9. The Hall–Kier alpha value is -3.08. The van der Waals surface area contributed by atoms with Gasteiger partial charge in [0.15, 0.2) is 0 Å². The molecule has 0 bridgehead atoms. The number of hydrogen-bond acceptors (Lipinski definition) is 3. The first kappa shape index (κ1) is 15.3. The fourth-order valence-corrected chi connectivity index (χ4v) is 2.04. The van der Waals surface area contributed by atoms with Crippen LogP contribution < -0.4 is 4.74 Å². The van der Waals surface area contributed by atoms with E-state index in [-0.39, 0.29) is 6.61 Å². The Labute approximate surface area is 129 Å². The third-order valence-corrected chi connectivity index (χ3v) is 3.25. The molecule has 4 nitrogen and oxygen atoms in total. The molecule has 0 aromatic heterocycles. The lowest BCUT2D eigenvalue weighted by Gasteiger charge is -2.06. The van der Waals surface area contributed by atoms with Crippen molar-refractivity contribution in [3.05, 3.63) is 76.6 Å². The van der Waals surface area contributed by atoms with E-state index >= 15 is 0 Å². The topological polar surface area (TPSA) is 57.6 Å². The van der Waals surface area contributed by atoms with E-state index in [0.717, 1.165) is 5.56 Å². The van der Waals surface area contributed by atoms with Gasteiger partial charge in [0.05, 0.1) is 31.9 Å². The van der Waals surface area contributed by atoms with E-state index in [4.69, 9.17) is 16.4 Å². The monoisotopic (exact) mass is 290 g/mol. The molecule has 1 N–H and O–H groups in total. The number of nitriles is 1. The summed E-state index contributed by atoms with van der Waals surface area (Å²) in [5, 5.41) is 18.5. The van der Waals surface area contributed by atoms with Crippen LogP contribution in [0.1, 0.15) is 16.7 Å². The quantitative estimate of drug-likeness (QED) is 0.532. The van der Waals surface area contributed by atoms with Crippen LogP contribution in [0.25, 0.3) is 16.1 Å². The molecule has 0 amide bonds. The number of aliphatic hydroxyl groups is 1. The molecule has 2 aromatic rings. The van der Waals surface area contributed by atoms with E-state index < -0.39 is 0 Å². The minimum atomic E-state index is -0.0555. The molecule has 0 saturated heterocycles. The Balaban J connectivity index is 2.52. The molecule has 0 unspecified atom stereocenters. The summed E-state index contributed by atoms with van der Waals surface area (Å²) in [6.45, 7) is 7.35. The number of ether oxygens (including phenoxy) is 1. The molecule has 22 heavy (non-hydrogen) atoms. The number of rotatable bonds is 4. The van der Waals surface area contributed by atoms with Gasteiger partial charge in [0.25, 0.3) is 0 Å². The van der Waals surface area contributed by atoms with E-state index in [9.17, 15) is 5.26 Å². The average Bonchev–Trinajstić information content (AvgIpc) is 2.60. The van der Waals surface area contributed by atoms with E-state index in [2.05, 4.69) is 10.9 Å². The largest absolute Gasteiger partial charge is 0.497 e. The Morgan fingerprint density at radius 1 is 1.14 bits per heavy atom. The minimum Gasteiger partial charge on any atom is -0.497 e. The molecule has 0 aliphatic carbocycles. The molecule has 0 saturated carbocycles. The maximum Gasteiger partial charge on any atom is 0.212 e.